The molecule has 1 N–H and O–H groups in total. The summed E-state index contributed by atoms with van der Waals surface area (Å²) in [5, 5.41) is 19.8. The molecule has 0 saturated heterocycles. The first kappa shape index (κ1) is 19.0. The second kappa shape index (κ2) is 12.1. The molecule has 0 aliphatic carbocycles. The molecule has 5 heteroatoms. The number of carboxylic acids is 1. The van der Waals surface area contributed by atoms with Crippen LogP contribution in [0.3, 0.4) is 0 Å². The summed E-state index contributed by atoms with van der Waals surface area (Å²) in [6, 6.07) is -0.418. The number of carboxylic acid groups (broad SMARTS) is 1. The van der Waals surface area contributed by atoms with Crippen molar-refractivity contribution in [3.8, 4) is 0 Å². The molecule has 92 valence electrons. The van der Waals surface area contributed by atoms with E-state index in [-0.39, 0.29) is 41.9 Å². The predicted molar refractivity (Wildman–Crippen MR) is 62.4 cm³/mol. The van der Waals surface area contributed by atoms with Crippen molar-refractivity contribution in [2.75, 3.05) is 0 Å². The molecule has 1 unspecified atom stereocenters. The average molecular weight is 249 g/mol. The number of aliphatic carboxylic acids is 1. The monoisotopic (exact) mass is 249 g/mol. The number of hydrogen-bond acceptors (Lipinski definition) is 3. The molecule has 0 heterocycles. The SMILES string of the molecule is C=CCCCCCC([O-])=NC(C)CC(=O)O.[Na+]. The Morgan fingerprint density at radius 2 is 2.12 bits per heavy atom. The molecule has 0 spiro atoms. The van der Waals surface area contributed by atoms with Gasteiger partial charge in [0.15, 0.2) is 0 Å². The Labute approximate surface area is 125 Å². The summed E-state index contributed by atoms with van der Waals surface area (Å²) < 4.78 is 0. The molecular formula is C12H20NNaO3. The Morgan fingerprint density at radius 1 is 1.47 bits per heavy atom. The molecule has 0 aliphatic heterocycles. The normalized spacial score (nSPS) is 12.6. The number of hydrogen-bond donors (Lipinski definition) is 1. The van der Waals surface area contributed by atoms with Crippen LogP contribution in [0.2, 0.25) is 0 Å². The smallest absolute Gasteiger partial charge is 0.862 e. The number of aliphatic imine (C=N–C) groups is 1. The van der Waals surface area contributed by atoms with Crippen LogP contribution in [0.25, 0.3) is 0 Å². The van der Waals surface area contributed by atoms with Crippen LogP contribution in [0.5, 0.6) is 0 Å². The van der Waals surface area contributed by atoms with Crippen LogP contribution in [0.15, 0.2) is 17.6 Å². The first-order valence-electron chi connectivity index (χ1n) is 5.62. The first-order valence-corrected chi connectivity index (χ1v) is 5.62. The van der Waals surface area contributed by atoms with Crippen LogP contribution in [0.4, 0.5) is 0 Å². The van der Waals surface area contributed by atoms with E-state index in [9.17, 15) is 9.90 Å². The van der Waals surface area contributed by atoms with Crippen molar-refractivity contribution >= 4 is 11.9 Å². The van der Waals surface area contributed by atoms with E-state index >= 15 is 0 Å². The zero-order valence-corrected chi connectivity index (χ0v) is 12.8. The second-order valence-corrected chi connectivity index (χ2v) is 3.86. The van der Waals surface area contributed by atoms with E-state index in [0.717, 1.165) is 25.7 Å². The Kier molecular flexibility index (Phi) is 13.6. The number of unbranched alkanes of at least 4 members (excludes halogenated alkanes) is 3. The molecule has 4 nitrogen and oxygen atoms in total. The van der Waals surface area contributed by atoms with Gasteiger partial charge in [0.2, 0.25) is 0 Å². The number of allylic oxidation sites excluding steroid dienone is 1. The van der Waals surface area contributed by atoms with Gasteiger partial charge in [-0.05, 0) is 38.5 Å². The fraction of sp³-hybridized carbons (Fsp3) is 0.667. The number of nitrogens with zero attached hydrogens (tertiary/aromatic N) is 1. The molecule has 0 aliphatic rings. The van der Waals surface area contributed by atoms with Crippen molar-refractivity contribution in [2.45, 2.75) is 51.5 Å². The van der Waals surface area contributed by atoms with Gasteiger partial charge in [-0.25, -0.2) is 0 Å². The zero-order chi connectivity index (χ0) is 12.4. The third-order valence-electron chi connectivity index (χ3n) is 2.13. The Bertz CT molecular complexity index is 254. The van der Waals surface area contributed by atoms with E-state index in [1.54, 1.807) is 6.92 Å². The van der Waals surface area contributed by atoms with Crippen LogP contribution >= 0.6 is 0 Å². The fourth-order valence-corrected chi connectivity index (χ4v) is 1.35. The van der Waals surface area contributed by atoms with E-state index in [1.807, 2.05) is 6.08 Å². The Morgan fingerprint density at radius 3 is 2.65 bits per heavy atom. The second-order valence-electron chi connectivity index (χ2n) is 3.86. The Hall–Kier alpha value is -0.320. The Balaban J connectivity index is 0. The van der Waals surface area contributed by atoms with Gasteiger partial charge in [-0.15, -0.1) is 6.58 Å². The molecule has 0 rings (SSSR count). The summed E-state index contributed by atoms with van der Waals surface area (Å²) in [5.41, 5.74) is 0. The van der Waals surface area contributed by atoms with E-state index in [0.29, 0.717) is 6.42 Å². The average Bonchev–Trinajstić information content (AvgIpc) is 2.15. The summed E-state index contributed by atoms with van der Waals surface area (Å²) in [4.78, 5) is 14.1. The third-order valence-corrected chi connectivity index (χ3v) is 2.13. The van der Waals surface area contributed by atoms with Gasteiger partial charge in [0.25, 0.3) is 0 Å². The van der Waals surface area contributed by atoms with Crippen molar-refractivity contribution in [2.24, 2.45) is 4.99 Å². The van der Waals surface area contributed by atoms with Gasteiger partial charge in [-0.2, -0.15) is 0 Å². The third kappa shape index (κ3) is 13.6. The number of carbonyl (C=O) groups is 1. The minimum atomic E-state index is -0.921. The van der Waals surface area contributed by atoms with E-state index < -0.39 is 12.0 Å². The molecule has 0 amide bonds. The summed E-state index contributed by atoms with van der Waals surface area (Å²) in [5.74, 6) is -1.11. The van der Waals surface area contributed by atoms with Crippen LogP contribution < -0.4 is 34.7 Å². The van der Waals surface area contributed by atoms with Crippen LogP contribution in [0.1, 0.15) is 45.4 Å². The molecule has 0 saturated carbocycles. The van der Waals surface area contributed by atoms with Crippen LogP contribution in [-0.4, -0.2) is 23.0 Å². The van der Waals surface area contributed by atoms with Gasteiger partial charge < -0.3 is 15.2 Å². The van der Waals surface area contributed by atoms with Crippen molar-refractivity contribution < 1.29 is 44.6 Å². The fourth-order valence-electron chi connectivity index (χ4n) is 1.35. The maximum Gasteiger partial charge on any atom is 1.00 e. The maximum absolute atomic E-state index is 11.3. The van der Waals surface area contributed by atoms with Crippen LogP contribution in [-0.2, 0) is 4.79 Å². The topological polar surface area (TPSA) is 72.7 Å². The molecule has 0 radical (unpaired) electrons. The molecule has 0 aromatic heterocycles. The van der Waals surface area contributed by atoms with Gasteiger partial charge in [0.05, 0.1) is 12.5 Å². The minimum Gasteiger partial charge on any atom is -0.862 e. The van der Waals surface area contributed by atoms with Gasteiger partial charge in [0, 0.05) is 0 Å². The van der Waals surface area contributed by atoms with E-state index in [4.69, 9.17) is 5.11 Å². The van der Waals surface area contributed by atoms with Gasteiger partial charge in [-0.3, -0.25) is 4.79 Å². The predicted octanol–water partition coefficient (Wildman–Crippen LogP) is -1.25. The summed E-state index contributed by atoms with van der Waals surface area (Å²) in [6.07, 6.45) is 6.02. The summed E-state index contributed by atoms with van der Waals surface area (Å²) in [7, 11) is 0. The maximum atomic E-state index is 11.3. The van der Waals surface area contributed by atoms with Gasteiger partial charge in [-0.1, -0.05) is 12.5 Å². The van der Waals surface area contributed by atoms with Crippen molar-refractivity contribution in [1.29, 1.82) is 0 Å². The van der Waals surface area contributed by atoms with Gasteiger partial charge in [0.1, 0.15) is 0 Å². The van der Waals surface area contributed by atoms with Crippen molar-refractivity contribution in [3.05, 3.63) is 12.7 Å². The first-order chi connectivity index (χ1) is 7.56. The summed E-state index contributed by atoms with van der Waals surface area (Å²) in [6.45, 7) is 5.26. The molecule has 1 atom stereocenters. The van der Waals surface area contributed by atoms with E-state index in [1.165, 1.54) is 0 Å². The molecular weight excluding hydrogens is 229 g/mol. The molecule has 17 heavy (non-hydrogen) atoms. The largest absolute Gasteiger partial charge is 1.00 e. The standard InChI is InChI=1S/C12H21NO3.Na/c1-3-4-5-6-7-8-11(14)13-10(2)9-12(15)16;/h3,10H,1,4-9H2,2H3,(H,13,14)(H,15,16);/q;+1/p-1. The van der Waals surface area contributed by atoms with Crippen molar-refractivity contribution in [1.82, 2.24) is 0 Å². The molecule has 0 bridgehead atoms. The zero-order valence-electron chi connectivity index (χ0n) is 10.8. The molecule has 0 aromatic carbocycles. The number of rotatable bonds is 9. The summed E-state index contributed by atoms with van der Waals surface area (Å²) >= 11 is 0. The quantitative estimate of drug-likeness (QED) is 0.182. The van der Waals surface area contributed by atoms with E-state index in [2.05, 4.69) is 11.6 Å². The van der Waals surface area contributed by atoms with Crippen LogP contribution in [0, 0.1) is 0 Å². The van der Waals surface area contributed by atoms with Crippen molar-refractivity contribution in [3.63, 3.8) is 0 Å². The van der Waals surface area contributed by atoms with Gasteiger partial charge >= 0.3 is 35.5 Å². The minimum absolute atomic E-state index is 0. The molecule has 0 aromatic rings. The molecule has 0 fully saturated rings.